The lowest BCUT2D eigenvalue weighted by Crippen LogP contribution is -2.52. The Labute approximate surface area is 128 Å². The maximum absolute atomic E-state index is 12.8. The van der Waals surface area contributed by atoms with E-state index in [0.717, 1.165) is 5.56 Å². The van der Waals surface area contributed by atoms with Gasteiger partial charge >= 0.3 is 0 Å². The fourth-order valence-electron chi connectivity index (χ4n) is 2.87. The molecule has 1 aliphatic heterocycles. The lowest BCUT2D eigenvalue weighted by atomic mass is 9.93. The molecular weight excluding hydrogens is 282 g/mol. The molecular formula is C16H19N3O3. The first-order valence-electron chi connectivity index (χ1n) is 7.34. The minimum Gasteiger partial charge on any atom is -0.393 e. The third-order valence-electron chi connectivity index (χ3n) is 4.05. The molecule has 116 valence electrons. The van der Waals surface area contributed by atoms with E-state index >= 15 is 0 Å². The molecule has 0 bridgehead atoms. The molecule has 1 fully saturated rings. The van der Waals surface area contributed by atoms with Crippen LogP contribution in [0.5, 0.6) is 0 Å². The van der Waals surface area contributed by atoms with E-state index in [0.29, 0.717) is 30.8 Å². The zero-order valence-corrected chi connectivity index (χ0v) is 12.2. The molecule has 0 radical (unpaired) electrons. The summed E-state index contributed by atoms with van der Waals surface area (Å²) in [5.74, 6) is 0.483. The van der Waals surface area contributed by atoms with Crippen molar-refractivity contribution in [2.75, 3.05) is 19.7 Å². The van der Waals surface area contributed by atoms with E-state index in [1.54, 1.807) is 23.4 Å². The standard InChI is InChI=1S/C16H19N3O3/c20-11-16(22)6-3-9-19(10-16)15(21)13-5-2-1-4-12(13)14-17-7-8-18-14/h1-2,4-5,7-8,20,22H,3,6,9-11H2,(H,17,18). The number of nitrogens with zero attached hydrogens (tertiary/aromatic N) is 2. The molecule has 2 aromatic rings. The number of aliphatic hydroxyl groups is 2. The number of piperidine rings is 1. The summed E-state index contributed by atoms with van der Waals surface area (Å²) < 4.78 is 0. The smallest absolute Gasteiger partial charge is 0.254 e. The van der Waals surface area contributed by atoms with Gasteiger partial charge in [0, 0.05) is 24.5 Å². The number of hydrogen-bond acceptors (Lipinski definition) is 4. The van der Waals surface area contributed by atoms with Gasteiger partial charge in [0.2, 0.25) is 0 Å². The van der Waals surface area contributed by atoms with E-state index in [2.05, 4.69) is 9.97 Å². The van der Waals surface area contributed by atoms with E-state index in [4.69, 9.17) is 0 Å². The Morgan fingerprint density at radius 3 is 2.95 bits per heavy atom. The molecule has 22 heavy (non-hydrogen) atoms. The second kappa shape index (κ2) is 5.90. The molecule has 3 rings (SSSR count). The van der Waals surface area contributed by atoms with Crippen molar-refractivity contribution in [2.24, 2.45) is 0 Å². The molecule has 2 heterocycles. The van der Waals surface area contributed by atoms with Crippen molar-refractivity contribution < 1.29 is 15.0 Å². The molecule has 1 amide bonds. The zero-order chi connectivity index (χ0) is 15.6. The van der Waals surface area contributed by atoms with Crippen LogP contribution in [0.2, 0.25) is 0 Å². The Bertz CT molecular complexity index is 656. The monoisotopic (exact) mass is 301 g/mol. The Morgan fingerprint density at radius 1 is 1.41 bits per heavy atom. The van der Waals surface area contributed by atoms with Crippen molar-refractivity contribution >= 4 is 5.91 Å². The molecule has 1 aromatic carbocycles. The molecule has 0 aliphatic carbocycles. The molecule has 1 unspecified atom stereocenters. The minimum absolute atomic E-state index is 0.148. The van der Waals surface area contributed by atoms with Crippen LogP contribution in [-0.2, 0) is 0 Å². The van der Waals surface area contributed by atoms with Crippen molar-refractivity contribution in [1.82, 2.24) is 14.9 Å². The number of aromatic amines is 1. The topological polar surface area (TPSA) is 89.5 Å². The third kappa shape index (κ3) is 2.75. The number of hydrogen-bond donors (Lipinski definition) is 3. The number of aromatic nitrogens is 2. The fraction of sp³-hybridized carbons (Fsp3) is 0.375. The zero-order valence-electron chi connectivity index (χ0n) is 12.2. The molecule has 3 N–H and O–H groups in total. The van der Waals surface area contributed by atoms with Crippen LogP contribution in [0.4, 0.5) is 0 Å². The van der Waals surface area contributed by atoms with Gasteiger partial charge < -0.3 is 20.1 Å². The van der Waals surface area contributed by atoms with Gasteiger partial charge in [0.1, 0.15) is 11.4 Å². The molecule has 1 atom stereocenters. The number of nitrogens with one attached hydrogen (secondary N) is 1. The second-order valence-electron chi connectivity index (χ2n) is 5.70. The predicted molar refractivity (Wildman–Crippen MR) is 81.2 cm³/mol. The number of H-pyrrole nitrogens is 1. The SMILES string of the molecule is O=C(c1ccccc1-c1ncc[nH]1)N1CCCC(O)(CO)C1. The van der Waals surface area contributed by atoms with Crippen molar-refractivity contribution in [3.05, 3.63) is 42.2 Å². The van der Waals surface area contributed by atoms with Crippen LogP contribution in [0.1, 0.15) is 23.2 Å². The van der Waals surface area contributed by atoms with Crippen molar-refractivity contribution in [3.63, 3.8) is 0 Å². The second-order valence-corrected chi connectivity index (χ2v) is 5.70. The summed E-state index contributed by atoms with van der Waals surface area (Å²) in [4.78, 5) is 21.6. The average Bonchev–Trinajstić information content (AvgIpc) is 3.08. The van der Waals surface area contributed by atoms with E-state index in [-0.39, 0.29) is 19.1 Å². The molecule has 6 nitrogen and oxygen atoms in total. The van der Waals surface area contributed by atoms with Crippen molar-refractivity contribution in [3.8, 4) is 11.4 Å². The number of benzene rings is 1. The van der Waals surface area contributed by atoms with Gasteiger partial charge in [-0.15, -0.1) is 0 Å². The number of carbonyl (C=O) groups is 1. The highest BCUT2D eigenvalue weighted by atomic mass is 16.3. The molecule has 0 saturated carbocycles. The number of rotatable bonds is 3. The number of β-amino-alcohol motifs (C(OH)–C–C–N with tert-alkyl or cyclic N) is 1. The van der Waals surface area contributed by atoms with Gasteiger partial charge in [0.15, 0.2) is 0 Å². The van der Waals surface area contributed by atoms with Crippen molar-refractivity contribution in [2.45, 2.75) is 18.4 Å². The van der Waals surface area contributed by atoms with Crippen LogP contribution in [0.3, 0.4) is 0 Å². The van der Waals surface area contributed by atoms with Gasteiger partial charge in [-0.25, -0.2) is 4.98 Å². The third-order valence-corrected chi connectivity index (χ3v) is 4.05. The molecule has 1 saturated heterocycles. The molecule has 1 aliphatic rings. The van der Waals surface area contributed by atoms with Gasteiger partial charge in [0.25, 0.3) is 5.91 Å². The Hall–Kier alpha value is -2.18. The first kappa shape index (κ1) is 14.7. The van der Waals surface area contributed by atoms with E-state index in [9.17, 15) is 15.0 Å². The number of likely N-dealkylation sites (tertiary alicyclic amines) is 1. The normalized spacial score (nSPS) is 21.8. The molecule has 0 spiro atoms. The summed E-state index contributed by atoms with van der Waals surface area (Å²) in [7, 11) is 0. The quantitative estimate of drug-likeness (QED) is 0.790. The van der Waals surface area contributed by atoms with Gasteiger partial charge in [-0.3, -0.25) is 4.79 Å². The van der Waals surface area contributed by atoms with Gasteiger partial charge in [-0.1, -0.05) is 18.2 Å². The van der Waals surface area contributed by atoms with Crippen molar-refractivity contribution in [1.29, 1.82) is 0 Å². The highest BCUT2D eigenvalue weighted by molar-refractivity contribution is 6.00. The summed E-state index contributed by atoms with van der Waals surface area (Å²) in [6.45, 7) is 0.388. The van der Waals surface area contributed by atoms with Gasteiger partial charge in [-0.05, 0) is 18.9 Å². The van der Waals surface area contributed by atoms with Crippen LogP contribution >= 0.6 is 0 Å². The van der Waals surface area contributed by atoms with Crippen LogP contribution in [0.15, 0.2) is 36.7 Å². The maximum atomic E-state index is 12.8. The minimum atomic E-state index is -1.20. The number of imidazole rings is 1. The summed E-state index contributed by atoms with van der Waals surface area (Å²) in [6.07, 6.45) is 4.53. The van der Waals surface area contributed by atoms with Gasteiger partial charge in [0.05, 0.1) is 18.7 Å². The Morgan fingerprint density at radius 2 is 2.23 bits per heavy atom. The predicted octanol–water partition coefficient (Wildman–Crippen LogP) is 1.04. The highest BCUT2D eigenvalue weighted by Gasteiger charge is 2.35. The van der Waals surface area contributed by atoms with Crippen LogP contribution in [-0.4, -0.2) is 56.3 Å². The van der Waals surface area contributed by atoms with Crippen LogP contribution in [0.25, 0.3) is 11.4 Å². The van der Waals surface area contributed by atoms with E-state index in [1.165, 1.54) is 0 Å². The van der Waals surface area contributed by atoms with Gasteiger partial charge in [-0.2, -0.15) is 0 Å². The lowest BCUT2D eigenvalue weighted by molar-refractivity contribution is -0.0598. The van der Waals surface area contributed by atoms with Crippen LogP contribution < -0.4 is 0 Å². The van der Waals surface area contributed by atoms with Crippen LogP contribution in [0, 0.1) is 0 Å². The fourth-order valence-corrected chi connectivity index (χ4v) is 2.87. The Balaban J connectivity index is 1.90. The first-order chi connectivity index (χ1) is 10.6. The number of aliphatic hydroxyl groups excluding tert-OH is 1. The summed E-state index contributed by atoms with van der Waals surface area (Å²) >= 11 is 0. The van der Waals surface area contributed by atoms with E-state index < -0.39 is 5.60 Å². The highest BCUT2D eigenvalue weighted by Crippen LogP contribution is 2.26. The summed E-state index contributed by atoms with van der Waals surface area (Å²) in [6, 6.07) is 7.26. The largest absolute Gasteiger partial charge is 0.393 e. The number of amides is 1. The lowest BCUT2D eigenvalue weighted by Gasteiger charge is -2.38. The maximum Gasteiger partial charge on any atom is 0.254 e. The number of carbonyl (C=O) groups excluding carboxylic acids is 1. The summed E-state index contributed by atoms with van der Waals surface area (Å²) in [5, 5.41) is 19.6. The Kier molecular flexibility index (Phi) is 3.96. The molecule has 1 aromatic heterocycles. The van der Waals surface area contributed by atoms with E-state index in [1.807, 2.05) is 18.2 Å². The summed E-state index contributed by atoms with van der Waals surface area (Å²) in [5.41, 5.74) is 0.0725. The average molecular weight is 301 g/mol. The first-order valence-corrected chi connectivity index (χ1v) is 7.34. The molecule has 6 heteroatoms.